The van der Waals surface area contributed by atoms with Gasteiger partial charge in [-0.2, -0.15) is 18.3 Å². The molecule has 0 aliphatic rings. The van der Waals surface area contributed by atoms with Crippen LogP contribution in [0.1, 0.15) is 11.1 Å². The van der Waals surface area contributed by atoms with Gasteiger partial charge in [0.05, 0.1) is 17.5 Å². The molecule has 3 nitrogen and oxygen atoms in total. The maximum absolute atomic E-state index is 12.4. The molecule has 0 atom stereocenters. The molecule has 0 saturated heterocycles. The Morgan fingerprint density at radius 1 is 1.22 bits per heavy atom. The van der Waals surface area contributed by atoms with Crippen molar-refractivity contribution in [2.24, 2.45) is 0 Å². The summed E-state index contributed by atoms with van der Waals surface area (Å²) in [5, 5.41) is 9.67. The topological polar surface area (TPSA) is 40.7 Å². The summed E-state index contributed by atoms with van der Waals surface area (Å²) in [5.74, 6) is 0. The molecule has 2 N–H and O–H groups in total. The molecule has 0 amide bonds. The Morgan fingerprint density at radius 3 is 2.44 bits per heavy atom. The van der Waals surface area contributed by atoms with Gasteiger partial charge in [-0.25, -0.2) is 0 Å². The fourth-order valence-corrected chi connectivity index (χ4v) is 1.71. The fourth-order valence-electron chi connectivity index (χ4n) is 1.71. The van der Waals surface area contributed by atoms with Crippen molar-refractivity contribution in [2.75, 3.05) is 7.05 Å². The second-order valence-electron chi connectivity index (χ2n) is 3.88. The number of nitrogens with one attached hydrogen (secondary N) is 2. The van der Waals surface area contributed by atoms with Crippen LogP contribution in [0.25, 0.3) is 11.3 Å². The quantitative estimate of drug-likeness (QED) is 0.885. The molecule has 96 valence electrons. The molecule has 0 bridgehead atoms. The molecule has 0 fully saturated rings. The van der Waals surface area contributed by atoms with E-state index in [4.69, 9.17) is 0 Å². The highest BCUT2D eigenvalue weighted by molar-refractivity contribution is 5.62. The van der Waals surface area contributed by atoms with E-state index < -0.39 is 11.7 Å². The first-order chi connectivity index (χ1) is 8.52. The molecule has 2 rings (SSSR count). The summed E-state index contributed by atoms with van der Waals surface area (Å²) in [6.45, 7) is 0.604. The van der Waals surface area contributed by atoms with Crippen molar-refractivity contribution in [1.29, 1.82) is 0 Å². The molecule has 2 aromatic rings. The van der Waals surface area contributed by atoms with Crippen LogP contribution in [0.4, 0.5) is 13.2 Å². The smallest absolute Gasteiger partial charge is 0.316 e. The van der Waals surface area contributed by atoms with Gasteiger partial charge in [0.2, 0.25) is 0 Å². The number of alkyl halides is 3. The molecule has 0 aliphatic carbocycles. The number of benzene rings is 1. The molecule has 0 radical (unpaired) electrons. The highest BCUT2D eigenvalue weighted by atomic mass is 19.4. The minimum Gasteiger partial charge on any atom is -0.316 e. The van der Waals surface area contributed by atoms with Crippen LogP contribution < -0.4 is 5.32 Å². The van der Waals surface area contributed by atoms with Crippen LogP contribution in [0.15, 0.2) is 30.5 Å². The summed E-state index contributed by atoms with van der Waals surface area (Å²) >= 11 is 0. The Bertz CT molecular complexity index is 514. The Hall–Kier alpha value is -1.82. The van der Waals surface area contributed by atoms with Gasteiger partial charge >= 0.3 is 6.18 Å². The van der Waals surface area contributed by atoms with E-state index in [1.165, 1.54) is 12.1 Å². The number of rotatable bonds is 3. The fraction of sp³-hybridized carbons (Fsp3) is 0.250. The average molecular weight is 255 g/mol. The van der Waals surface area contributed by atoms with Crippen molar-refractivity contribution >= 4 is 0 Å². The van der Waals surface area contributed by atoms with Gasteiger partial charge in [0.1, 0.15) is 0 Å². The minimum atomic E-state index is -4.31. The molecule has 0 saturated carbocycles. The van der Waals surface area contributed by atoms with Crippen molar-refractivity contribution in [1.82, 2.24) is 15.5 Å². The van der Waals surface area contributed by atoms with Gasteiger partial charge < -0.3 is 5.32 Å². The van der Waals surface area contributed by atoms with Crippen molar-refractivity contribution in [2.45, 2.75) is 12.7 Å². The molecule has 0 unspecified atom stereocenters. The molecule has 18 heavy (non-hydrogen) atoms. The number of H-pyrrole nitrogens is 1. The van der Waals surface area contributed by atoms with E-state index in [-0.39, 0.29) is 0 Å². The number of hydrogen-bond donors (Lipinski definition) is 2. The standard InChI is InChI=1S/C12H12F3N3/c1-16-6-9-7-17-18-11(9)8-2-4-10(5-3-8)12(13,14)15/h2-5,7,16H,6H2,1H3,(H,17,18). The van der Waals surface area contributed by atoms with Crippen LogP contribution in [-0.2, 0) is 12.7 Å². The van der Waals surface area contributed by atoms with E-state index in [1.807, 2.05) is 0 Å². The number of nitrogens with zero attached hydrogens (tertiary/aromatic N) is 1. The summed E-state index contributed by atoms with van der Waals surface area (Å²) in [7, 11) is 1.80. The molecular weight excluding hydrogens is 243 g/mol. The van der Waals surface area contributed by atoms with Crippen LogP contribution in [0.3, 0.4) is 0 Å². The van der Waals surface area contributed by atoms with Gasteiger partial charge in [0.15, 0.2) is 0 Å². The number of halogens is 3. The van der Waals surface area contributed by atoms with E-state index in [9.17, 15) is 13.2 Å². The maximum atomic E-state index is 12.4. The Balaban J connectivity index is 2.32. The average Bonchev–Trinajstić information content (AvgIpc) is 2.77. The van der Waals surface area contributed by atoms with Gasteiger partial charge in [-0.3, -0.25) is 5.10 Å². The normalized spacial score (nSPS) is 11.8. The summed E-state index contributed by atoms with van der Waals surface area (Å²) in [6, 6.07) is 5.02. The van der Waals surface area contributed by atoms with Crippen molar-refractivity contribution in [3.05, 3.63) is 41.6 Å². The van der Waals surface area contributed by atoms with Crippen molar-refractivity contribution in [3.63, 3.8) is 0 Å². The number of hydrogen-bond acceptors (Lipinski definition) is 2. The molecule has 0 spiro atoms. The third-order valence-electron chi connectivity index (χ3n) is 2.59. The zero-order valence-corrected chi connectivity index (χ0v) is 9.67. The van der Waals surface area contributed by atoms with Gasteiger partial charge in [0.25, 0.3) is 0 Å². The van der Waals surface area contributed by atoms with E-state index in [0.717, 1.165) is 23.4 Å². The highest BCUT2D eigenvalue weighted by Crippen LogP contribution is 2.31. The predicted octanol–water partition coefficient (Wildman–Crippen LogP) is 2.81. The summed E-state index contributed by atoms with van der Waals surface area (Å²) in [6.07, 6.45) is -2.65. The highest BCUT2D eigenvalue weighted by Gasteiger charge is 2.30. The van der Waals surface area contributed by atoms with Crippen LogP contribution in [0.2, 0.25) is 0 Å². The lowest BCUT2D eigenvalue weighted by atomic mass is 10.1. The minimum absolute atomic E-state index is 0.604. The van der Waals surface area contributed by atoms with Crippen LogP contribution >= 0.6 is 0 Å². The molecule has 6 heteroatoms. The lowest BCUT2D eigenvalue weighted by Gasteiger charge is -2.07. The Labute approximate surface area is 102 Å². The lowest BCUT2D eigenvalue weighted by Crippen LogP contribution is -2.06. The zero-order valence-electron chi connectivity index (χ0n) is 9.67. The van der Waals surface area contributed by atoms with Crippen molar-refractivity contribution in [3.8, 4) is 11.3 Å². The molecule has 1 aromatic heterocycles. The van der Waals surface area contributed by atoms with E-state index in [1.54, 1.807) is 13.2 Å². The van der Waals surface area contributed by atoms with E-state index >= 15 is 0 Å². The van der Waals surface area contributed by atoms with Gasteiger partial charge in [-0.1, -0.05) is 12.1 Å². The van der Waals surface area contributed by atoms with Crippen LogP contribution in [-0.4, -0.2) is 17.2 Å². The molecule has 1 heterocycles. The van der Waals surface area contributed by atoms with Gasteiger partial charge in [0, 0.05) is 12.1 Å². The zero-order chi connectivity index (χ0) is 13.2. The first-order valence-corrected chi connectivity index (χ1v) is 5.37. The predicted molar refractivity (Wildman–Crippen MR) is 61.8 cm³/mol. The number of aromatic nitrogens is 2. The maximum Gasteiger partial charge on any atom is 0.416 e. The molecule has 0 aliphatic heterocycles. The summed E-state index contributed by atoms with van der Waals surface area (Å²) in [4.78, 5) is 0. The Morgan fingerprint density at radius 2 is 1.89 bits per heavy atom. The van der Waals surface area contributed by atoms with E-state index in [0.29, 0.717) is 12.1 Å². The molecular formula is C12H12F3N3. The SMILES string of the molecule is CNCc1cn[nH]c1-c1ccc(C(F)(F)F)cc1. The summed E-state index contributed by atoms with van der Waals surface area (Å²) < 4.78 is 37.3. The summed E-state index contributed by atoms with van der Waals surface area (Å²) in [5.41, 5.74) is 1.68. The van der Waals surface area contributed by atoms with Crippen molar-refractivity contribution < 1.29 is 13.2 Å². The monoisotopic (exact) mass is 255 g/mol. The largest absolute Gasteiger partial charge is 0.416 e. The second kappa shape index (κ2) is 4.81. The lowest BCUT2D eigenvalue weighted by molar-refractivity contribution is -0.137. The number of aromatic amines is 1. The van der Waals surface area contributed by atoms with Gasteiger partial charge in [-0.05, 0) is 24.7 Å². The Kier molecular flexibility index (Phi) is 3.38. The molecule has 1 aromatic carbocycles. The van der Waals surface area contributed by atoms with E-state index in [2.05, 4.69) is 15.5 Å². The third-order valence-corrected chi connectivity index (χ3v) is 2.59. The van der Waals surface area contributed by atoms with Gasteiger partial charge in [-0.15, -0.1) is 0 Å². The first-order valence-electron chi connectivity index (χ1n) is 5.37. The second-order valence-corrected chi connectivity index (χ2v) is 3.88. The van der Waals surface area contributed by atoms with Crippen LogP contribution in [0.5, 0.6) is 0 Å². The van der Waals surface area contributed by atoms with Crippen LogP contribution in [0, 0.1) is 0 Å². The third kappa shape index (κ3) is 2.53. The first kappa shape index (κ1) is 12.6.